The van der Waals surface area contributed by atoms with Crippen LogP contribution in [0.2, 0.25) is 0 Å². The van der Waals surface area contributed by atoms with E-state index in [0.717, 1.165) is 0 Å². The molecule has 0 unspecified atom stereocenters. The lowest BCUT2D eigenvalue weighted by atomic mass is 10.2. The van der Waals surface area contributed by atoms with Gasteiger partial charge in [-0.15, -0.1) is 0 Å². The predicted molar refractivity (Wildman–Crippen MR) is 65.4 cm³/mol. The number of hydrogen-bond donors (Lipinski definition) is 1. The topological polar surface area (TPSA) is 55.6 Å². The van der Waals surface area contributed by atoms with Gasteiger partial charge in [0.2, 0.25) is 0 Å². The number of carbonyl (C=O) groups is 1. The Labute approximate surface area is 101 Å². The molecule has 16 heavy (non-hydrogen) atoms. The Bertz CT molecular complexity index is 490. The Morgan fingerprint density at radius 2 is 2.38 bits per heavy atom. The second-order valence-corrected chi connectivity index (χ2v) is 3.66. The van der Waals surface area contributed by atoms with Crippen molar-refractivity contribution in [2.75, 3.05) is 23.8 Å². The summed E-state index contributed by atoms with van der Waals surface area (Å²) in [4.78, 5) is 15.8. The zero-order chi connectivity index (χ0) is 11.5. The van der Waals surface area contributed by atoms with Gasteiger partial charge in [0.25, 0.3) is 5.91 Å². The molecule has 1 heterocycles. The van der Waals surface area contributed by atoms with Gasteiger partial charge in [-0.2, -0.15) is 0 Å². The maximum atomic E-state index is 11.7. The number of nitrogen functional groups attached to an aromatic ring is 1. The Balaban J connectivity index is 2.40. The quantitative estimate of drug-likeness (QED) is 0.624. The minimum absolute atomic E-state index is 0.0425. The lowest BCUT2D eigenvalue weighted by Crippen LogP contribution is -2.39. The van der Waals surface area contributed by atoms with Crippen LogP contribution in [0.25, 0.3) is 0 Å². The summed E-state index contributed by atoms with van der Waals surface area (Å²) < 4.78 is 5.29. The van der Waals surface area contributed by atoms with Crippen LogP contribution in [-0.4, -0.2) is 19.1 Å². The van der Waals surface area contributed by atoms with E-state index in [2.05, 4.69) is 26.7 Å². The Morgan fingerprint density at radius 3 is 3.12 bits per heavy atom. The van der Waals surface area contributed by atoms with E-state index in [1.165, 1.54) is 0 Å². The first-order chi connectivity index (χ1) is 7.72. The number of nitrogens with zero attached hydrogens (tertiary/aromatic N) is 1. The average molecular weight is 281 g/mol. The monoisotopic (exact) mass is 280 g/mol. The number of anilines is 2. The van der Waals surface area contributed by atoms with Crippen LogP contribution in [0.3, 0.4) is 0 Å². The van der Waals surface area contributed by atoms with Gasteiger partial charge in [-0.05, 0) is 23.0 Å². The van der Waals surface area contributed by atoms with Crippen LogP contribution in [0.1, 0.15) is 0 Å². The fourth-order valence-electron chi connectivity index (χ4n) is 1.50. The zero-order valence-electron chi connectivity index (χ0n) is 8.37. The van der Waals surface area contributed by atoms with E-state index in [1.54, 1.807) is 23.1 Å². The summed E-state index contributed by atoms with van der Waals surface area (Å²) in [6.45, 7) is 0.366. The van der Waals surface area contributed by atoms with Gasteiger partial charge in [-0.25, -0.2) is 0 Å². The second-order valence-electron chi connectivity index (χ2n) is 3.27. The first-order valence-corrected chi connectivity index (χ1v) is 5.43. The van der Waals surface area contributed by atoms with Crippen LogP contribution in [0.5, 0.6) is 5.75 Å². The van der Waals surface area contributed by atoms with E-state index in [9.17, 15) is 4.79 Å². The van der Waals surface area contributed by atoms with Gasteiger partial charge in [0.15, 0.2) is 6.61 Å². The number of fused-ring (bicyclic) bond motifs is 1. The second kappa shape index (κ2) is 4.45. The van der Waals surface area contributed by atoms with Crippen molar-refractivity contribution < 1.29 is 9.53 Å². The molecule has 1 aliphatic heterocycles. The molecule has 2 rings (SSSR count). The van der Waals surface area contributed by atoms with Crippen molar-refractivity contribution >= 4 is 33.2 Å². The van der Waals surface area contributed by atoms with Gasteiger partial charge in [0, 0.05) is 21.6 Å². The normalized spacial score (nSPS) is 13.6. The molecule has 0 atom stereocenters. The van der Waals surface area contributed by atoms with Crippen molar-refractivity contribution in [2.24, 2.45) is 0 Å². The largest absolute Gasteiger partial charge is 0.482 e. The molecule has 0 saturated heterocycles. The van der Waals surface area contributed by atoms with Crippen molar-refractivity contribution in [2.45, 2.75) is 0 Å². The summed E-state index contributed by atoms with van der Waals surface area (Å²) in [5, 5.41) is 0. The lowest BCUT2D eigenvalue weighted by Gasteiger charge is -2.27. The van der Waals surface area contributed by atoms with E-state index in [1.807, 2.05) is 0 Å². The molecule has 1 aromatic carbocycles. The van der Waals surface area contributed by atoms with Crippen molar-refractivity contribution in [3.05, 3.63) is 18.2 Å². The minimum atomic E-state index is -0.117. The lowest BCUT2D eigenvalue weighted by molar-refractivity contribution is -0.121. The molecule has 0 aromatic heterocycles. The number of benzene rings is 1. The summed E-state index contributed by atoms with van der Waals surface area (Å²) in [6.07, 6.45) is 0. The highest BCUT2D eigenvalue weighted by Gasteiger charge is 2.24. The van der Waals surface area contributed by atoms with Crippen molar-refractivity contribution in [1.82, 2.24) is 0 Å². The Morgan fingerprint density at radius 1 is 1.56 bits per heavy atom. The van der Waals surface area contributed by atoms with Crippen LogP contribution in [0.15, 0.2) is 18.2 Å². The van der Waals surface area contributed by atoms with Gasteiger partial charge in [0.1, 0.15) is 5.75 Å². The van der Waals surface area contributed by atoms with Crippen LogP contribution < -0.4 is 15.4 Å². The first-order valence-electron chi connectivity index (χ1n) is 4.63. The SMILES string of the molecule is Nc1ccc2c(c1)N(CC#CBr)C(=O)CO2. The minimum Gasteiger partial charge on any atom is -0.482 e. The van der Waals surface area contributed by atoms with E-state index < -0.39 is 0 Å². The summed E-state index contributed by atoms with van der Waals surface area (Å²) in [5.41, 5.74) is 6.94. The third kappa shape index (κ3) is 1.97. The van der Waals surface area contributed by atoms with Crippen molar-refractivity contribution in [3.63, 3.8) is 0 Å². The third-order valence-electron chi connectivity index (χ3n) is 2.23. The molecule has 0 saturated carbocycles. The molecule has 82 valence electrons. The van der Waals surface area contributed by atoms with E-state index in [-0.39, 0.29) is 12.5 Å². The highest BCUT2D eigenvalue weighted by Crippen LogP contribution is 2.33. The van der Waals surface area contributed by atoms with Crippen LogP contribution in [0.4, 0.5) is 11.4 Å². The number of carbonyl (C=O) groups excluding carboxylic acids is 1. The van der Waals surface area contributed by atoms with Crippen LogP contribution in [0, 0.1) is 10.8 Å². The van der Waals surface area contributed by atoms with E-state index in [4.69, 9.17) is 10.5 Å². The number of rotatable bonds is 1. The molecule has 2 N–H and O–H groups in total. The standard InChI is InChI=1S/C11H9BrN2O2/c12-4-1-5-14-9-6-8(13)2-3-10(9)16-7-11(14)15/h2-3,6H,5,7,13H2. The molecular formula is C11H9BrN2O2. The highest BCUT2D eigenvalue weighted by atomic mass is 79.9. The smallest absolute Gasteiger partial charge is 0.265 e. The van der Waals surface area contributed by atoms with Gasteiger partial charge < -0.3 is 10.5 Å². The number of amides is 1. The van der Waals surface area contributed by atoms with Crippen molar-refractivity contribution in [3.8, 4) is 16.5 Å². The fourth-order valence-corrected chi connectivity index (χ4v) is 1.63. The number of halogens is 1. The van der Waals surface area contributed by atoms with Gasteiger partial charge in [-0.1, -0.05) is 5.92 Å². The molecule has 4 nitrogen and oxygen atoms in total. The molecule has 0 spiro atoms. The summed E-state index contributed by atoms with van der Waals surface area (Å²) in [5.74, 6) is 3.32. The Hall–Kier alpha value is -1.67. The van der Waals surface area contributed by atoms with Crippen LogP contribution >= 0.6 is 15.9 Å². The van der Waals surface area contributed by atoms with Crippen LogP contribution in [-0.2, 0) is 4.79 Å². The molecule has 5 heteroatoms. The molecule has 0 fully saturated rings. The predicted octanol–water partition coefficient (Wildman–Crippen LogP) is 1.35. The first kappa shape index (κ1) is 10.8. The molecule has 1 aromatic rings. The summed E-state index contributed by atoms with van der Waals surface area (Å²) in [7, 11) is 0. The molecule has 0 radical (unpaired) electrons. The van der Waals surface area contributed by atoms with Gasteiger partial charge >= 0.3 is 0 Å². The number of nitrogens with two attached hydrogens (primary N) is 1. The number of hydrogen-bond acceptors (Lipinski definition) is 3. The maximum Gasteiger partial charge on any atom is 0.265 e. The fraction of sp³-hybridized carbons (Fsp3) is 0.182. The van der Waals surface area contributed by atoms with Gasteiger partial charge in [0.05, 0.1) is 12.2 Å². The van der Waals surface area contributed by atoms with E-state index >= 15 is 0 Å². The summed E-state index contributed by atoms with van der Waals surface area (Å²) in [6, 6.07) is 5.21. The molecular weight excluding hydrogens is 272 g/mol. The molecule has 1 amide bonds. The molecule has 0 aliphatic carbocycles. The molecule has 1 aliphatic rings. The Kier molecular flexibility index (Phi) is 3.02. The highest BCUT2D eigenvalue weighted by molar-refractivity contribution is 9.12. The maximum absolute atomic E-state index is 11.7. The van der Waals surface area contributed by atoms with E-state index in [0.29, 0.717) is 23.7 Å². The molecule has 0 bridgehead atoms. The third-order valence-corrected chi connectivity index (χ3v) is 2.51. The van der Waals surface area contributed by atoms with Crippen molar-refractivity contribution in [1.29, 1.82) is 0 Å². The van der Waals surface area contributed by atoms with Gasteiger partial charge in [-0.3, -0.25) is 9.69 Å². The number of ether oxygens (including phenoxy) is 1. The summed E-state index contributed by atoms with van der Waals surface area (Å²) >= 11 is 3.00. The average Bonchev–Trinajstić information content (AvgIpc) is 2.28. The zero-order valence-corrected chi connectivity index (χ0v) is 9.95.